The summed E-state index contributed by atoms with van der Waals surface area (Å²) in [7, 11) is -3.35. The second kappa shape index (κ2) is 6.28. The van der Waals surface area contributed by atoms with E-state index in [2.05, 4.69) is 23.9 Å². The molecule has 0 aromatic heterocycles. The fourth-order valence-electron chi connectivity index (χ4n) is 2.81. The molecule has 1 saturated carbocycles. The summed E-state index contributed by atoms with van der Waals surface area (Å²) in [5.74, 6) is 0.557. The first-order chi connectivity index (χ1) is 10.2. The van der Waals surface area contributed by atoms with Crippen LogP contribution in [-0.4, -0.2) is 26.1 Å². The van der Waals surface area contributed by atoms with Crippen molar-refractivity contribution in [3.63, 3.8) is 0 Å². The van der Waals surface area contributed by atoms with E-state index < -0.39 is 10.0 Å². The largest absolute Gasteiger partial charge is 0.347 e. The van der Waals surface area contributed by atoms with Gasteiger partial charge in [0.2, 0.25) is 10.0 Å². The lowest BCUT2D eigenvalue weighted by molar-refractivity contribution is 0.0870. The molecule has 2 N–H and O–H groups in total. The van der Waals surface area contributed by atoms with Crippen molar-refractivity contribution in [1.29, 1.82) is 0 Å². The molecule has 0 heterocycles. The number of carbonyl (C=O) groups excluding carboxylic acids is 1. The van der Waals surface area contributed by atoms with E-state index >= 15 is 0 Å². The van der Waals surface area contributed by atoms with Crippen molar-refractivity contribution in [1.82, 2.24) is 5.32 Å². The Balaban J connectivity index is 2.08. The van der Waals surface area contributed by atoms with Crippen molar-refractivity contribution in [2.45, 2.75) is 45.1 Å². The molecule has 5 nitrogen and oxygen atoms in total. The van der Waals surface area contributed by atoms with Crippen LogP contribution in [0, 0.1) is 5.92 Å². The van der Waals surface area contributed by atoms with E-state index in [1.165, 1.54) is 0 Å². The van der Waals surface area contributed by atoms with Gasteiger partial charge in [0.05, 0.1) is 6.26 Å². The number of benzene rings is 1. The van der Waals surface area contributed by atoms with Crippen molar-refractivity contribution >= 4 is 21.6 Å². The highest BCUT2D eigenvalue weighted by Crippen LogP contribution is 2.31. The highest BCUT2D eigenvalue weighted by molar-refractivity contribution is 7.92. The van der Waals surface area contributed by atoms with Crippen LogP contribution in [0.2, 0.25) is 0 Å². The molecule has 0 aliphatic heterocycles. The van der Waals surface area contributed by atoms with Crippen LogP contribution in [0.3, 0.4) is 0 Å². The van der Waals surface area contributed by atoms with Crippen molar-refractivity contribution in [3.8, 4) is 0 Å². The number of sulfonamides is 1. The number of anilines is 1. The second-order valence-corrected chi connectivity index (χ2v) is 8.40. The van der Waals surface area contributed by atoms with Gasteiger partial charge >= 0.3 is 0 Å². The average molecular weight is 324 g/mol. The van der Waals surface area contributed by atoms with Gasteiger partial charge in [-0.05, 0) is 56.7 Å². The van der Waals surface area contributed by atoms with Crippen LogP contribution in [0.5, 0.6) is 0 Å². The van der Waals surface area contributed by atoms with Crippen LogP contribution >= 0.6 is 0 Å². The summed E-state index contributed by atoms with van der Waals surface area (Å²) in [6, 6.07) is 6.55. The highest BCUT2D eigenvalue weighted by Gasteiger charge is 2.31. The maximum atomic E-state index is 12.4. The minimum atomic E-state index is -3.35. The Kier molecular flexibility index (Phi) is 4.80. The predicted octanol–water partition coefficient (Wildman–Crippen LogP) is 2.76. The Morgan fingerprint density at radius 1 is 1.27 bits per heavy atom. The molecular formula is C16H24N2O3S. The zero-order valence-corrected chi connectivity index (χ0v) is 14.2. The van der Waals surface area contributed by atoms with Crippen LogP contribution < -0.4 is 10.0 Å². The quantitative estimate of drug-likeness (QED) is 0.894. The maximum Gasteiger partial charge on any atom is 0.251 e. The standard InChI is InChI=1S/C16H24N2O3S/c1-12-7-9-16(2,10-8-12)17-15(19)13-5-4-6-14(11-13)18-22(3,20)21/h4-6,11-12,18H,7-10H2,1-3H3,(H,17,19). The zero-order chi connectivity index (χ0) is 16.4. The molecule has 0 spiro atoms. The molecule has 1 fully saturated rings. The van der Waals surface area contributed by atoms with Crippen LogP contribution in [-0.2, 0) is 10.0 Å². The lowest BCUT2D eigenvalue weighted by atomic mass is 9.78. The Labute approximate surface area is 132 Å². The molecule has 1 aromatic rings. The van der Waals surface area contributed by atoms with E-state index in [4.69, 9.17) is 0 Å². The van der Waals surface area contributed by atoms with E-state index in [0.717, 1.165) is 31.9 Å². The molecular weight excluding hydrogens is 300 g/mol. The highest BCUT2D eigenvalue weighted by atomic mass is 32.2. The van der Waals surface area contributed by atoms with Crippen LogP contribution in [0.15, 0.2) is 24.3 Å². The van der Waals surface area contributed by atoms with Gasteiger partial charge < -0.3 is 5.32 Å². The second-order valence-electron chi connectivity index (χ2n) is 6.65. The molecule has 0 bridgehead atoms. The van der Waals surface area contributed by atoms with Gasteiger partial charge in [0.1, 0.15) is 0 Å². The van der Waals surface area contributed by atoms with Gasteiger partial charge in [-0.15, -0.1) is 0 Å². The van der Waals surface area contributed by atoms with E-state index in [9.17, 15) is 13.2 Å². The zero-order valence-electron chi connectivity index (χ0n) is 13.3. The van der Waals surface area contributed by atoms with Gasteiger partial charge in [-0.2, -0.15) is 0 Å². The normalized spacial score (nSPS) is 25.5. The number of nitrogens with one attached hydrogen (secondary N) is 2. The Bertz CT molecular complexity index is 647. The first kappa shape index (κ1) is 16.8. The molecule has 0 atom stereocenters. The Morgan fingerprint density at radius 2 is 1.91 bits per heavy atom. The van der Waals surface area contributed by atoms with Gasteiger partial charge in [0.15, 0.2) is 0 Å². The predicted molar refractivity (Wildman–Crippen MR) is 88.4 cm³/mol. The molecule has 22 heavy (non-hydrogen) atoms. The van der Waals surface area contributed by atoms with E-state index in [1.807, 2.05) is 0 Å². The van der Waals surface area contributed by atoms with Crippen molar-refractivity contribution in [2.24, 2.45) is 5.92 Å². The number of hydrogen-bond donors (Lipinski definition) is 2. The minimum absolute atomic E-state index is 0.158. The van der Waals surface area contributed by atoms with Gasteiger partial charge in [0, 0.05) is 16.8 Å². The summed E-state index contributed by atoms with van der Waals surface area (Å²) < 4.78 is 24.9. The summed E-state index contributed by atoms with van der Waals surface area (Å²) in [5, 5.41) is 3.11. The Hall–Kier alpha value is -1.56. The SMILES string of the molecule is CC1CCC(C)(NC(=O)c2cccc(NS(C)(=O)=O)c2)CC1. The van der Waals surface area contributed by atoms with Gasteiger partial charge in [-0.25, -0.2) is 8.42 Å². The van der Waals surface area contributed by atoms with E-state index in [0.29, 0.717) is 17.2 Å². The monoisotopic (exact) mass is 324 g/mol. The maximum absolute atomic E-state index is 12.4. The van der Waals surface area contributed by atoms with E-state index in [1.54, 1.807) is 24.3 Å². The van der Waals surface area contributed by atoms with Gasteiger partial charge in [0.25, 0.3) is 5.91 Å². The summed E-state index contributed by atoms with van der Waals surface area (Å²) in [5.41, 5.74) is 0.690. The lowest BCUT2D eigenvalue weighted by Crippen LogP contribution is -2.48. The molecule has 6 heteroatoms. The fraction of sp³-hybridized carbons (Fsp3) is 0.562. The molecule has 1 amide bonds. The number of hydrogen-bond acceptors (Lipinski definition) is 3. The molecule has 1 aromatic carbocycles. The topological polar surface area (TPSA) is 75.3 Å². The van der Waals surface area contributed by atoms with E-state index in [-0.39, 0.29) is 11.4 Å². The van der Waals surface area contributed by atoms with Crippen LogP contribution in [0.25, 0.3) is 0 Å². The fourth-order valence-corrected chi connectivity index (χ4v) is 3.36. The third-order valence-electron chi connectivity index (χ3n) is 4.22. The molecule has 0 unspecified atom stereocenters. The molecule has 0 radical (unpaired) electrons. The molecule has 122 valence electrons. The Morgan fingerprint density at radius 3 is 2.50 bits per heavy atom. The molecule has 1 aliphatic carbocycles. The minimum Gasteiger partial charge on any atom is -0.347 e. The number of amides is 1. The smallest absolute Gasteiger partial charge is 0.251 e. The van der Waals surface area contributed by atoms with Crippen LogP contribution in [0.1, 0.15) is 49.9 Å². The summed E-state index contributed by atoms with van der Waals surface area (Å²) in [6.07, 6.45) is 5.27. The average Bonchev–Trinajstić information content (AvgIpc) is 2.41. The first-order valence-corrected chi connectivity index (χ1v) is 9.46. The summed E-state index contributed by atoms with van der Waals surface area (Å²) in [4.78, 5) is 12.4. The molecule has 2 rings (SSSR count). The van der Waals surface area contributed by atoms with Crippen molar-refractivity contribution in [3.05, 3.63) is 29.8 Å². The lowest BCUT2D eigenvalue weighted by Gasteiger charge is -2.37. The summed E-state index contributed by atoms with van der Waals surface area (Å²) in [6.45, 7) is 4.32. The third kappa shape index (κ3) is 4.73. The van der Waals surface area contributed by atoms with Crippen molar-refractivity contribution in [2.75, 3.05) is 11.0 Å². The molecule has 1 aliphatic rings. The van der Waals surface area contributed by atoms with Crippen LogP contribution in [0.4, 0.5) is 5.69 Å². The number of rotatable bonds is 4. The van der Waals surface area contributed by atoms with Crippen molar-refractivity contribution < 1.29 is 13.2 Å². The number of carbonyl (C=O) groups is 1. The molecule has 0 saturated heterocycles. The van der Waals surface area contributed by atoms with Gasteiger partial charge in [-0.3, -0.25) is 9.52 Å². The third-order valence-corrected chi connectivity index (χ3v) is 4.83. The van der Waals surface area contributed by atoms with Gasteiger partial charge in [-0.1, -0.05) is 13.0 Å². The first-order valence-electron chi connectivity index (χ1n) is 7.57. The summed E-state index contributed by atoms with van der Waals surface area (Å²) >= 11 is 0.